The molecule has 0 spiro atoms. The van der Waals surface area contributed by atoms with E-state index in [0.717, 1.165) is 25.8 Å². The van der Waals surface area contributed by atoms with Crippen LogP contribution in [0.3, 0.4) is 0 Å². The Balaban J connectivity index is 2.51. The number of nitrogens with zero attached hydrogens (tertiary/aromatic N) is 1. The van der Waals surface area contributed by atoms with Crippen LogP contribution in [0.15, 0.2) is 0 Å². The van der Waals surface area contributed by atoms with Gasteiger partial charge in [-0.2, -0.15) is 0 Å². The van der Waals surface area contributed by atoms with Crippen LogP contribution >= 0.6 is 0 Å². The molecule has 15 heavy (non-hydrogen) atoms. The van der Waals surface area contributed by atoms with E-state index >= 15 is 0 Å². The van der Waals surface area contributed by atoms with Gasteiger partial charge in [0.15, 0.2) is 0 Å². The highest BCUT2D eigenvalue weighted by molar-refractivity contribution is 5.78. The van der Waals surface area contributed by atoms with Gasteiger partial charge in [-0.1, -0.05) is 13.3 Å². The van der Waals surface area contributed by atoms with E-state index < -0.39 is 0 Å². The molecule has 1 fully saturated rings. The molecule has 0 aromatic carbocycles. The molecular weight excluding hydrogens is 188 g/mol. The number of amides is 1. The Morgan fingerprint density at radius 3 is 2.73 bits per heavy atom. The molecular formula is C12H24N2O. The SMILES string of the molecule is CCN(C)C(=O)C(C)C1CCCC(N)C1. The molecule has 88 valence electrons. The monoisotopic (exact) mass is 212 g/mol. The fourth-order valence-corrected chi connectivity index (χ4v) is 2.43. The van der Waals surface area contributed by atoms with E-state index in [4.69, 9.17) is 5.73 Å². The topological polar surface area (TPSA) is 46.3 Å². The predicted octanol–water partition coefficient (Wildman–Crippen LogP) is 1.62. The lowest BCUT2D eigenvalue weighted by atomic mass is 9.78. The zero-order valence-electron chi connectivity index (χ0n) is 10.2. The Labute approximate surface area is 93.0 Å². The molecule has 0 bridgehead atoms. The molecule has 0 heterocycles. The van der Waals surface area contributed by atoms with Gasteiger partial charge in [0.05, 0.1) is 0 Å². The van der Waals surface area contributed by atoms with E-state index in [0.29, 0.717) is 12.0 Å². The third-order valence-electron chi connectivity index (χ3n) is 3.70. The van der Waals surface area contributed by atoms with Crippen LogP contribution in [-0.2, 0) is 4.79 Å². The average Bonchev–Trinajstić information content (AvgIpc) is 2.26. The summed E-state index contributed by atoms with van der Waals surface area (Å²) < 4.78 is 0. The molecule has 0 saturated heterocycles. The molecule has 1 aliphatic rings. The van der Waals surface area contributed by atoms with Crippen molar-refractivity contribution in [3.05, 3.63) is 0 Å². The van der Waals surface area contributed by atoms with E-state index in [-0.39, 0.29) is 11.8 Å². The van der Waals surface area contributed by atoms with Gasteiger partial charge in [0.1, 0.15) is 0 Å². The summed E-state index contributed by atoms with van der Waals surface area (Å²) in [6.45, 7) is 4.86. The lowest BCUT2D eigenvalue weighted by Crippen LogP contribution is -2.38. The van der Waals surface area contributed by atoms with Crippen LogP contribution in [-0.4, -0.2) is 30.4 Å². The Hall–Kier alpha value is -0.570. The van der Waals surface area contributed by atoms with Crippen LogP contribution in [0.4, 0.5) is 0 Å². The Morgan fingerprint density at radius 1 is 1.53 bits per heavy atom. The first-order chi connectivity index (χ1) is 7.06. The maximum Gasteiger partial charge on any atom is 0.225 e. The highest BCUT2D eigenvalue weighted by Crippen LogP contribution is 2.30. The van der Waals surface area contributed by atoms with Gasteiger partial charge in [0, 0.05) is 25.6 Å². The van der Waals surface area contributed by atoms with Crippen molar-refractivity contribution in [2.45, 2.75) is 45.6 Å². The van der Waals surface area contributed by atoms with Crippen molar-refractivity contribution < 1.29 is 4.79 Å². The summed E-state index contributed by atoms with van der Waals surface area (Å²) in [6, 6.07) is 0.311. The molecule has 0 aromatic rings. The fourth-order valence-electron chi connectivity index (χ4n) is 2.43. The molecule has 2 N–H and O–H groups in total. The van der Waals surface area contributed by atoms with Crippen molar-refractivity contribution in [1.29, 1.82) is 0 Å². The summed E-state index contributed by atoms with van der Waals surface area (Å²) in [4.78, 5) is 13.8. The number of rotatable bonds is 3. The second kappa shape index (κ2) is 5.50. The quantitative estimate of drug-likeness (QED) is 0.772. The van der Waals surface area contributed by atoms with E-state index in [2.05, 4.69) is 6.92 Å². The summed E-state index contributed by atoms with van der Waals surface area (Å²) in [7, 11) is 1.88. The minimum Gasteiger partial charge on any atom is -0.346 e. The van der Waals surface area contributed by atoms with Crippen LogP contribution in [0.5, 0.6) is 0 Å². The van der Waals surface area contributed by atoms with E-state index in [1.165, 1.54) is 6.42 Å². The molecule has 0 aliphatic heterocycles. The summed E-state index contributed by atoms with van der Waals surface area (Å²) in [5.41, 5.74) is 5.95. The molecule has 1 saturated carbocycles. The standard InChI is InChI=1S/C12H24N2O/c1-4-14(3)12(15)9(2)10-6-5-7-11(13)8-10/h9-11H,4-8,13H2,1-3H3. The lowest BCUT2D eigenvalue weighted by molar-refractivity contribution is -0.135. The van der Waals surface area contributed by atoms with Crippen molar-refractivity contribution in [2.75, 3.05) is 13.6 Å². The zero-order valence-corrected chi connectivity index (χ0v) is 10.2. The third-order valence-corrected chi connectivity index (χ3v) is 3.70. The molecule has 3 unspecified atom stereocenters. The average molecular weight is 212 g/mol. The normalized spacial score (nSPS) is 28.5. The smallest absolute Gasteiger partial charge is 0.225 e. The fraction of sp³-hybridized carbons (Fsp3) is 0.917. The van der Waals surface area contributed by atoms with Crippen molar-refractivity contribution in [1.82, 2.24) is 4.90 Å². The predicted molar refractivity (Wildman–Crippen MR) is 62.4 cm³/mol. The van der Waals surface area contributed by atoms with Gasteiger partial charge in [-0.15, -0.1) is 0 Å². The van der Waals surface area contributed by atoms with Crippen molar-refractivity contribution in [3.63, 3.8) is 0 Å². The van der Waals surface area contributed by atoms with Crippen LogP contribution in [0, 0.1) is 11.8 Å². The maximum atomic E-state index is 12.0. The van der Waals surface area contributed by atoms with Crippen LogP contribution in [0.2, 0.25) is 0 Å². The minimum atomic E-state index is 0.140. The second-order valence-electron chi connectivity index (χ2n) is 4.83. The summed E-state index contributed by atoms with van der Waals surface area (Å²) in [5, 5.41) is 0. The molecule has 1 aliphatic carbocycles. The number of nitrogens with two attached hydrogens (primary N) is 1. The van der Waals surface area contributed by atoms with Gasteiger partial charge in [-0.3, -0.25) is 4.79 Å². The largest absolute Gasteiger partial charge is 0.346 e. The molecule has 1 amide bonds. The van der Waals surface area contributed by atoms with E-state index in [1.807, 2.05) is 18.9 Å². The van der Waals surface area contributed by atoms with E-state index in [1.54, 1.807) is 0 Å². The van der Waals surface area contributed by atoms with Crippen LogP contribution < -0.4 is 5.73 Å². The molecule has 3 atom stereocenters. The first kappa shape index (κ1) is 12.5. The first-order valence-electron chi connectivity index (χ1n) is 6.06. The molecule has 1 rings (SSSR count). The van der Waals surface area contributed by atoms with Gasteiger partial charge in [0.2, 0.25) is 5.91 Å². The zero-order chi connectivity index (χ0) is 11.4. The molecule has 3 heteroatoms. The first-order valence-corrected chi connectivity index (χ1v) is 6.06. The van der Waals surface area contributed by atoms with Crippen LogP contribution in [0.25, 0.3) is 0 Å². The molecule has 0 aromatic heterocycles. The highest BCUT2D eigenvalue weighted by atomic mass is 16.2. The Bertz CT molecular complexity index is 218. The summed E-state index contributed by atoms with van der Waals surface area (Å²) >= 11 is 0. The van der Waals surface area contributed by atoms with Crippen LogP contribution in [0.1, 0.15) is 39.5 Å². The number of carbonyl (C=O) groups excluding carboxylic acids is 1. The van der Waals surface area contributed by atoms with Gasteiger partial charge in [0.25, 0.3) is 0 Å². The third kappa shape index (κ3) is 3.20. The lowest BCUT2D eigenvalue weighted by Gasteiger charge is -2.32. The number of hydrogen-bond acceptors (Lipinski definition) is 2. The van der Waals surface area contributed by atoms with Gasteiger partial charge in [-0.05, 0) is 32.1 Å². The Kier molecular flexibility index (Phi) is 4.58. The van der Waals surface area contributed by atoms with E-state index in [9.17, 15) is 4.79 Å². The maximum absolute atomic E-state index is 12.0. The molecule has 3 nitrogen and oxygen atoms in total. The van der Waals surface area contributed by atoms with Crippen molar-refractivity contribution in [3.8, 4) is 0 Å². The molecule has 0 radical (unpaired) electrons. The summed E-state index contributed by atoms with van der Waals surface area (Å²) in [5.74, 6) is 0.910. The van der Waals surface area contributed by atoms with Crippen molar-refractivity contribution in [2.24, 2.45) is 17.6 Å². The van der Waals surface area contributed by atoms with Gasteiger partial charge in [-0.25, -0.2) is 0 Å². The number of hydrogen-bond donors (Lipinski definition) is 1. The highest BCUT2D eigenvalue weighted by Gasteiger charge is 2.29. The van der Waals surface area contributed by atoms with Gasteiger partial charge >= 0.3 is 0 Å². The Morgan fingerprint density at radius 2 is 2.20 bits per heavy atom. The minimum absolute atomic E-state index is 0.140. The van der Waals surface area contributed by atoms with Gasteiger partial charge < -0.3 is 10.6 Å². The summed E-state index contributed by atoms with van der Waals surface area (Å²) in [6.07, 6.45) is 4.49. The number of carbonyl (C=O) groups is 1. The van der Waals surface area contributed by atoms with Crippen molar-refractivity contribution >= 4 is 5.91 Å². The second-order valence-corrected chi connectivity index (χ2v) is 4.83.